The van der Waals surface area contributed by atoms with Gasteiger partial charge in [0, 0.05) is 37.1 Å². The molecule has 2 N–H and O–H groups in total. The third-order valence-corrected chi connectivity index (χ3v) is 3.99. The molecule has 0 fully saturated rings. The maximum absolute atomic E-state index is 12.5. The van der Waals surface area contributed by atoms with Crippen LogP contribution in [-0.2, 0) is 16.1 Å². The predicted molar refractivity (Wildman–Crippen MR) is 110 cm³/mol. The van der Waals surface area contributed by atoms with Gasteiger partial charge in [0.05, 0.1) is 0 Å². The highest BCUT2D eigenvalue weighted by atomic mass is 16.2. The van der Waals surface area contributed by atoms with Crippen LogP contribution in [-0.4, -0.2) is 22.8 Å². The lowest BCUT2D eigenvalue weighted by Gasteiger charge is -2.25. The molecule has 0 aliphatic heterocycles. The number of carbonyl (C=O) groups is 2. The van der Waals surface area contributed by atoms with Crippen molar-refractivity contribution in [1.29, 1.82) is 5.26 Å². The Hall–Kier alpha value is -3.59. The van der Waals surface area contributed by atoms with Gasteiger partial charge >= 0.3 is 0 Å². The zero-order chi connectivity index (χ0) is 20.5. The zero-order valence-corrected chi connectivity index (χ0v) is 16.3. The summed E-state index contributed by atoms with van der Waals surface area (Å²) in [6, 6.07) is 18.7. The van der Waals surface area contributed by atoms with Crippen molar-refractivity contribution < 1.29 is 9.59 Å². The molecule has 0 saturated heterocycles. The van der Waals surface area contributed by atoms with Crippen LogP contribution in [0.15, 0.2) is 66.4 Å². The van der Waals surface area contributed by atoms with E-state index in [4.69, 9.17) is 0 Å². The summed E-state index contributed by atoms with van der Waals surface area (Å²) in [6.07, 6.45) is 1.60. The molecule has 2 rings (SSSR count). The van der Waals surface area contributed by atoms with Gasteiger partial charge < -0.3 is 15.5 Å². The molecule has 28 heavy (non-hydrogen) atoms. The third kappa shape index (κ3) is 6.29. The van der Waals surface area contributed by atoms with Crippen LogP contribution in [0, 0.1) is 11.3 Å². The summed E-state index contributed by atoms with van der Waals surface area (Å²) < 4.78 is 0. The second kappa shape index (κ2) is 9.93. The standard InChI is InChI=1S/C22H24N4O2/c1-16(2)26(14-18-7-5-4-6-8-18)15-19(13-23)22(28)25-21-11-9-20(10-12-21)24-17(3)27/h4-12,15-16H,14H2,1-3H3,(H,24,27)(H,25,28)/b19-15-. The molecule has 0 saturated carbocycles. The van der Waals surface area contributed by atoms with Gasteiger partial charge in [-0.2, -0.15) is 5.26 Å². The van der Waals surface area contributed by atoms with Crippen LogP contribution < -0.4 is 10.6 Å². The van der Waals surface area contributed by atoms with Gasteiger partial charge in [0.2, 0.25) is 5.91 Å². The summed E-state index contributed by atoms with van der Waals surface area (Å²) in [4.78, 5) is 25.5. The molecular formula is C22H24N4O2. The van der Waals surface area contributed by atoms with Crippen LogP contribution in [0.25, 0.3) is 0 Å². The van der Waals surface area contributed by atoms with E-state index in [1.807, 2.05) is 55.1 Å². The lowest BCUT2D eigenvalue weighted by atomic mass is 10.2. The number of nitrogens with zero attached hydrogens (tertiary/aromatic N) is 2. The fourth-order valence-corrected chi connectivity index (χ4v) is 2.51. The van der Waals surface area contributed by atoms with Crippen LogP contribution in [0.5, 0.6) is 0 Å². The molecule has 0 bridgehead atoms. The summed E-state index contributed by atoms with van der Waals surface area (Å²) in [5, 5.41) is 14.8. The van der Waals surface area contributed by atoms with E-state index in [0.29, 0.717) is 17.9 Å². The number of carbonyl (C=O) groups excluding carboxylic acids is 2. The number of rotatable bonds is 7. The lowest BCUT2D eigenvalue weighted by molar-refractivity contribution is -0.114. The monoisotopic (exact) mass is 376 g/mol. The first-order chi connectivity index (χ1) is 13.4. The molecule has 6 heteroatoms. The number of benzene rings is 2. The van der Waals surface area contributed by atoms with Crippen molar-refractivity contribution in [2.75, 3.05) is 10.6 Å². The summed E-state index contributed by atoms with van der Waals surface area (Å²) in [6.45, 7) is 6.04. The predicted octanol–water partition coefficient (Wildman–Crippen LogP) is 3.90. The molecular weight excluding hydrogens is 352 g/mol. The zero-order valence-electron chi connectivity index (χ0n) is 16.3. The Balaban J connectivity index is 2.11. The average Bonchev–Trinajstić information content (AvgIpc) is 2.66. The van der Waals surface area contributed by atoms with Crippen molar-refractivity contribution in [3.05, 3.63) is 71.9 Å². The Bertz CT molecular complexity index is 881. The molecule has 6 nitrogen and oxygen atoms in total. The van der Waals surface area contributed by atoms with E-state index >= 15 is 0 Å². The minimum Gasteiger partial charge on any atom is -0.369 e. The number of nitriles is 1. The Kier molecular flexibility index (Phi) is 7.35. The van der Waals surface area contributed by atoms with Gasteiger partial charge in [-0.1, -0.05) is 30.3 Å². The number of amides is 2. The maximum atomic E-state index is 12.5. The van der Waals surface area contributed by atoms with Crippen molar-refractivity contribution >= 4 is 23.2 Å². The van der Waals surface area contributed by atoms with Crippen molar-refractivity contribution in [3.63, 3.8) is 0 Å². The Morgan fingerprint density at radius 2 is 1.61 bits per heavy atom. The molecule has 0 radical (unpaired) electrons. The molecule has 0 aliphatic rings. The second-order valence-corrected chi connectivity index (χ2v) is 6.62. The van der Waals surface area contributed by atoms with Crippen LogP contribution in [0.1, 0.15) is 26.3 Å². The summed E-state index contributed by atoms with van der Waals surface area (Å²) in [7, 11) is 0. The lowest BCUT2D eigenvalue weighted by Crippen LogP contribution is -2.27. The number of hydrogen-bond acceptors (Lipinski definition) is 4. The van der Waals surface area contributed by atoms with E-state index < -0.39 is 5.91 Å². The minimum atomic E-state index is -0.478. The molecule has 144 valence electrons. The van der Waals surface area contributed by atoms with E-state index in [9.17, 15) is 14.9 Å². The maximum Gasteiger partial charge on any atom is 0.267 e. The van der Waals surface area contributed by atoms with Gasteiger partial charge in [0.15, 0.2) is 0 Å². The molecule has 0 aliphatic carbocycles. The summed E-state index contributed by atoms with van der Waals surface area (Å²) >= 11 is 0. The normalized spacial score (nSPS) is 10.9. The Morgan fingerprint density at radius 1 is 1.04 bits per heavy atom. The first kappa shape index (κ1) is 20.7. The fourth-order valence-electron chi connectivity index (χ4n) is 2.51. The SMILES string of the molecule is CC(=O)Nc1ccc(NC(=O)/C(C#N)=C\N(Cc2ccccc2)C(C)C)cc1. The first-order valence-electron chi connectivity index (χ1n) is 8.99. The molecule has 0 aromatic heterocycles. The highest BCUT2D eigenvalue weighted by Crippen LogP contribution is 2.15. The molecule has 0 atom stereocenters. The van der Waals surface area contributed by atoms with Crippen LogP contribution >= 0.6 is 0 Å². The van der Waals surface area contributed by atoms with Gasteiger partial charge in [0.25, 0.3) is 5.91 Å². The molecule has 2 amide bonds. The van der Waals surface area contributed by atoms with E-state index in [0.717, 1.165) is 5.56 Å². The van der Waals surface area contributed by atoms with Crippen LogP contribution in [0.4, 0.5) is 11.4 Å². The smallest absolute Gasteiger partial charge is 0.267 e. The van der Waals surface area contributed by atoms with E-state index in [-0.39, 0.29) is 17.5 Å². The molecule has 0 heterocycles. The number of hydrogen-bond donors (Lipinski definition) is 2. The molecule has 2 aromatic rings. The average molecular weight is 376 g/mol. The van der Waals surface area contributed by atoms with E-state index in [2.05, 4.69) is 10.6 Å². The number of anilines is 2. The fraction of sp³-hybridized carbons (Fsp3) is 0.227. The third-order valence-electron chi connectivity index (χ3n) is 3.99. The van der Waals surface area contributed by atoms with Gasteiger partial charge in [-0.15, -0.1) is 0 Å². The second-order valence-electron chi connectivity index (χ2n) is 6.62. The van der Waals surface area contributed by atoms with Gasteiger partial charge in [-0.05, 0) is 43.7 Å². The van der Waals surface area contributed by atoms with Gasteiger partial charge in [-0.3, -0.25) is 9.59 Å². The van der Waals surface area contributed by atoms with E-state index in [1.54, 1.807) is 30.5 Å². The Labute approximate surface area is 165 Å². The van der Waals surface area contributed by atoms with Gasteiger partial charge in [0.1, 0.15) is 11.6 Å². The Morgan fingerprint density at radius 3 is 2.11 bits per heavy atom. The highest BCUT2D eigenvalue weighted by Gasteiger charge is 2.14. The van der Waals surface area contributed by atoms with E-state index in [1.165, 1.54) is 6.92 Å². The van der Waals surface area contributed by atoms with Crippen molar-refractivity contribution in [2.24, 2.45) is 0 Å². The van der Waals surface area contributed by atoms with Crippen LogP contribution in [0.3, 0.4) is 0 Å². The summed E-state index contributed by atoms with van der Waals surface area (Å²) in [5.74, 6) is -0.646. The largest absolute Gasteiger partial charge is 0.369 e. The van der Waals surface area contributed by atoms with Crippen molar-refractivity contribution in [3.8, 4) is 6.07 Å². The first-order valence-corrected chi connectivity index (χ1v) is 8.99. The van der Waals surface area contributed by atoms with Crippen molar-refractivity contribution in [1.82, 2.24) is 4.90 Å². The van der Waals surface area contributed by atoms with Crippen LogP contribution in [0.2, 0.25) is 0 Å². The molecule has 0 spiro atoms. The van der Waals surface area contributed by atoms with Crippen molar-refractivity contribution in [2.45, 2.75) is 33.4 Å². The number of nitrogens with one attached hydrogen (secondary N) is 2. The quantitative estimate of drug-likeness (QED) is 0.567. The summed E-state index contributed by atoms with van der Waals surface area (Å²) in [5.41, 5.74) is 2.30. The van der Waals surface area contributed by atoms with Gasteiger partial charge in [-0.25, -0.2) is 0 Å². The topological polar surface area (TPSA) is 85.2 Å². The molecule has 2 aromatic carbocycles. The minimum absolute atomic E-state index is 0.0237. The molecule has 0 unspecified atom stereocenters. The highest BCUT2D eigenvalue weighted by molar-refractivity contribution is 6.06.